The Balaban J connectivity index is 2.00. The highest BCUT2D eigenvalue weighted by atomic mass is 19.4. The fraction of sp³-hybridized carbons (Fsp3) is 0.158. The molecular formula is C19H15F4NO3. The molecule has 0 saturated heterocycles. The van der Waals surface area contributed by atoms with Crippen LogP contribution in [0.4, 0.5) is 23.2 Å². The summed E-state index contributed by atoms with van der Waals surface area (Å²) in [5.41, 5.74) is -1.32. The van der Waals surface area contributed by atoms with Crippen molar-refractivity contribution in [1.82, 2.24) is 0 Å². The van der Waals surface area contributed by atoms with Crippen LogP contribution in [0.1, 0.15) is 18.1 Å². The molecule has 2 aromatic rings. The maximum atomic E-state index is 13.4. The molecule has 142 valence electrons. The molecule has 8 heteroatoms. The number of hydrogen-bond donors (Lipinski definition) is 1. The highest BCUT2D eigenvalue weighted by molar-refractivity contribution is 5.97. The Morgan fingerprint density at radius 2 is 1.70 bits per heavy atom. The number of alkyl halides is 3. The Morgan fingerprint density at radius 1 is 1.07 bits per heavy atom. The van der Waals surface area contributed by atoms with E-state index in [-0.39, 0.29) is 5.56 Å². The van der Waals surface area contributed by atoms with Crippen molar-refractivity contribution in [2.24, 2.45) is 0 Å². The number of hydrogen-bond acceptors (Lipinski definition) is 3. The van der Waals surface area contributed by atoms with E-state index in [1.165, 1.54) is 43.3 Å². The van der Waals surface area contributed by atoms with E-state index in [0.29, 0.717) is 0 Å². The number of amides is 1. The first kappa shape index (κ1) is 20.2. The molecule has 1 atom stereocenters. The van der Waals surface area contributed by atoms with E-state index in [0.717, 1.165) is 18.2 Å². The lowest BCUT2D eigenvalue weighted by atomic mass is 10.1. The van der Waals surface area contributed by atoms with Crippen molar-refractivity contribution < 1.29 is 31.9 Å². The molecular weight excluding hydrogens is 366 g/mol. The van der Waals surface area contributed by atoms with E-state index in [1.807, 2.05) is 0 Å². The summed E-state index contributed by atoms with van der Waals surface area (Å²) in [6, 6.07) is 10.1. The Hall–Kier alpha value is -3.16. The molecule has 0 heterocycles. The van der Waals surface area contributed by atoms with Crippen LogP contribution in [0.2, 0.25) is 0 Å². The number of carbonyl (C=O) groups is 2. The third-order valence-electron chi connectivity index (χ3n) is 3.46. The van der Waals surface area contributed by atoms with Gasteiger partial charge in [-0.15, -0.1) is 0 Å². The summed E-state index contributed by atoms with van der Waals surface area (Å²) >= 11 is 0. The van der Waals surface area contributed by atoms with E-state index in [2.05, 4.69) is 5.32 Å². The molecule has 0 saturated carbocycles. The largest absolute Gasteiger partial charge is 0.449 e. The van der Waals surface area contributed by atoms with E-state index < -0.39 is 41.2 Å². The van der Waals surface area contributed by atoms with Gasteiger partial charge in [0.05, 0.1) is 11.3 Å². The van der Waals surface area contributed by atoms with Crippen LogP contribution in [-0.2, 0) is 20.5 Å². The number of esters is 1. The third-order valence-corrected chi connectivity index (χ3v) is 3.46. The summed E-state index contributed by atoms with van der Waals surface area (Å²) in [5, 5.41) is 2.08. The van der Waals surface area contributed by atoms with Gasteiger partial charge >= 0.3 is 12.1 Å². The fourth-order valence-electron chi connectivity index (χ4n) is 2.11. The molecule has 0 fully saturated rings. The highest BCUT2D eigenvalue weighted by Gasteiger charge is 2.34. The summed E-state index contributed by atoms with van der Waals surface area (Å²) in [4.78, 5) is 23.7. The minimum absolute atomic E-state index is 0.144. The first-order valence-corrected chi connectivity index (χ1v) is 7.79. The quantitative estimate of drug-likeness (QED) is 0.474. The smallest absolute Gasteiger partial charge is 0.418 e. The third kappa shape index (κ3) is 5.67. The molecule has 0 bridgehead atoms. The van der Waals surface area contributed by atoms with Gasteiger partial charge in [-0.25, -0.2) is 9.18 Å². The fourth-order valence-corrected chi connectivity index (χ4v) is 2.11. The summed E-state index contributed by atoms with van der Waals surface area (Å²) in [7, 11) is 0. The Bertz CT molecular complexity index is 862. The van der Waals surface area contributed by atoms with E-state index >= 15 is 0 Å². The number of para-hydroxylation sites is 1. The van der Waals surface area contributed by atoms with Gasteiger partial charge in [-0.05, 0) is 31.2 Å². The summed E-state index contributed by atoms with van der Waals surface area (Å²) in [6.45, 7) is 1.21. The van der Waals surface area contributed by atoms with Crippen molar-refractivity contribution in [1.29, 1.82) is 0 Å². The maximum Gasteiger partial charge on any atom is 0.418 e. The summed E-state index contributed by atoms with van der Waals surface area (Å²) in [6.07, 6.45) is -3.91. The predicted molar refractivity (Wildman–Crippen MR) is 91.1 cm³/mol. The van der Waals surface area contributed by atoms with Gasteiger partial charge in [-0.3, -0.25) is 4.79 Å². The van der Waals surface area contributed by atoms with Gasteiger partial charge in [-0.1, -0.05) is 30.3 Å². The Labute approximate surface area is 152 Å². The van der Waals surface area contributed by atoms with Crippen LogP contribution in [-0.4, -0.2) is 18.0 Å². The first-order chi connectivity index (χ1) is 12.7. The topological polar surface area (TPSA) is 55.4 Å². The zero-order valence-electron chi connectivity index (χ0n) is 14.1. The van der Waals surface area contributed by atoms with Gasteiger partial charge in [-0.2, -0.15) is 13.2 Å². The zero-order valence-corrected chi connectivity index (χ0v) is 14.1. The number of anilines is 1. The van der Waals surface area contributed by atoms with Crippen LogP contribution in [0, 0.1) is 5.82 Å². The highest BCUT2D eigenvalue weighted by Crippen LogP contribution is 2.34. The number of benzene rings is 2. The normalized spacial score (nSPS) is 12.6. The minimum atomic E-state index is -4.65. The minimum Gasteiger partial charge on any atom is -0.449 e. The van der Waals surface area contributed by atoms with Crippen molar-refractivity contribution in [3.8, 4) is 0 Å². The molecule has 0 aromatic heterocycles. The molecule has 27 heavy (non-hydrogen) atoms. The number of ether oxygens (including phenoxy) is 1. The van der Waals surface area contributed by atoms with Crippen LogP contribution in [0.15, 0.2) is 54.6 Å². The van der Waals surface area contributed by atoms with Gasteiger partial charge in [0.2, 0.25) is 0 Å². The second kappa shape index (κ2) is 8.48. The molecule has 0 aliphatic carbocycles. The van der Waals surface area contributed by atoms with Crippen LogP contribution in [0.3, 0.4) is 0 Å². The zero-order chi connectivity index (χ0) is 20.0. The number of halogens is 4. The summed E-state index contributed by atoms with van der Waals surface area (Å²) in [5.74, 6) is -2.42. The Kier molecular flexibility index (Phi) is 6.33. The second-order valence-corrected chi connectivity index (χ2v) is 5.47. The van der Waals surface area contributed by atoms with Crippen LogP contribution < -0.4 is 5.32 Å². The van der Waals surface area contributed by atoms with Gasteiger partial charge in [0.15, 0.2) is 6.10 Å². The lowest BCUT2D eigenvalue weighted by Crippen LogP contribution is -2.30. The van der Waals surface area contributed by atoms with E-state index in [9.17, 15) is 27.2 Å². The lowest BCUT2D eigenvalue weighted by Gasteiger charge is -2.16. The second-order valence-electron chi connectivity index (χ2n) is 5.47. The standard InChI is InChI=1S/C19H15F4NO3/c1-12(27-17(25)11-10-13-6-2-4-8-15(13)20)18(26)24-16-9-5-3-7-14(16)19(21,22)23/h2-12H,1H3,(H,24,26)/b11-10+/t12-/m0/s1. The SMILES string of the molecule is C[C@H](OC(=O)/C=C/c1ccccc1F)C(=O)Nc1ccccc1C(F)(F)F. The number of nitrogens with one attached hydrogen (secondary N) is 1. The van der Waals surface area contributed by atoms with Crippen molar-refractivity contribution in [2.45, 2.75) is 19.2 Å². The lowest BCUT2D eigenvalue weighted by molar-refractivity contribution is -0.148. The summed E-state index contributed by atoms with van der Waals surface area (Å²) < 4.78 is 57.1. The average Bonchev–Trinajstić information content (AvgIpc) is 2.60. The molecule has 1 N–H and O–H groups in total. The molecule has 0 spiro atoms. The maximum absolute atomic E-state index is 13.4. The monoisotopic (exact) mass is 381 g/mol. The molecule has 2 aromatic carbocycles. The van der Waals surface area contributed by atoms with Gasteiger partial charge in [0.25, 0.3) is 5.91 Å². The van der Waals surface area contributed by atoms with Gasteiger partial charge in [0.1, 0.15) is 5.82 Å². The van der Waals surface area contributed by atoms with E-state index in [4.69, 9.17) is 4.74 Å². The van der Waals surface area contributed by atoms with Crippen LogP contribution >= 0.6 is 0 Å². The molecule has 4 nitrogen and oxygen atoms in total. The van der Waals surface area contributed by atoms with Crippen molar-refractivity contribution in [2.75, 3.05) is 5.32 Å². The molecule has 0 aliphatic heterocycles. The van der Waals surface area contributed by atoms with Crippen LogP contribution in [0.25, 0.3) is 6.08 Å². The molecule has 0 unspecified atom stereocenters. The molecule has 2 rings (SSSR count). The number of carbonyl (C=O) groups excluding carboxylic acids is 2. The van der Waals surface area contributed by atoms with Crippen LogP contribution in [0.5, 0.6) is 0 Å². The predicted octanol–water partition coefficient (Wildman–Crippen LogP) is 4.43. The van der Waals surface area contributed by atoms with Gasteiger partial charge < -0.3 is 10.1 Å². The van der Waals surface area contributed by atoms with Gasteiger partial charge in [0, 0.05) is 11.6 Å². The average molecular weight is 381 g/mol. The molecule has 0 aliphatic rings. The number of rotatable bonds is 5. The first-order valence-electron chi connectivity index (χ1n) is 7.79. The Morgan fingerprint density at radius 3 is 2.37 bits per heavy atom. The molecule has 0 radical (unpaired) electrons. The van der Waals surface area contributed by atoms with Crippen molar-refractivity contribution >= 4 is 23.6 Å². The molecule has 1 amide bonds. The van der Waals surface area contributed by atoms with Crippen molar-refractivity contribution in [3.63, 3.8) is 0 Å². The van der Waals surface area contributed by atoms with Crippen molar-refractivity contribution in [3.05, 3.63) is 71.6 Å². The van der Waals surface area contributed by atoms with E-state index in [1.54, 1.807) is 6.07 Å².